The molecule has 0 spiro atoms. The normalized spacial score (nSPS) is 23.9. The Labute approximate surface area is 205 Å². The predicted octanol–water partition coefficient (Wildman–Crippen LogP) is 4.55. The molecule has 7 nitrogen and oxygen atoms in total. The van der Waals surface area contributed by atoms with E-state index in [1.54, 1.807) is 13.8 Å². The van der Waals surface area contributed by atoms with Crippen molar-refractivity contribution in [2.24, 2.45) is 5.92 Å². The highest BCUT2D eigenvalue weighted by Crippen LogP contribution is 2.49. The number of hydrogen-bond acceptors (Lipinski definition) is 4. The molecule has 2 bridgehead atoms. The summed E-state index contributed by atoms with van der Waals surface area (Å²) in [5, 5.41) is 12.2. The summed E-state index contributed by atoms with van der Waals surface area (Å²) in [5.74, 6) is -1.47. The van der Waals surface area contributed by atoms with Gasteiger partial charge >= 0.3 is 12.1 Å². The van der Waals surface area contributed by atoms with Crippen LogP contribution in [0.15, 0.2) is 48.5 Å². The Morgan fingerprint density at radius 3 is 2.17 bits per heavy atom. The van der Waals surface area contributed by atoms with Gasteiger partial charge in [-0.15, -0.1) is 0 Å². The Morgan fingerprint density at radius 1 is 1.03 bits per heavy atom. The SMILES string of the molecule is CC(NC(=O)OCC1c2ccccc2-c2ccccc21)C(C)C(=O)N1C2CCC1(CC(=O)O)CC2. The third-order valence-electron chi connectivity index (χ3n) is 8.31. The van der Waals surface area contributed by atoms with Crippen molar-refractivity contribution in [2.45, 2.75) is 69.5 Å². The zero-order valence-corrected chi connectivity index (χ0v) is 20.2. The molecule has 2 aromatic rings. The minimum Gasteiger partial charge on any atom is -0.481 e. The molecule has 35 heavy (non-hydrogen) atoms. The molecule has 2 atom stereocenters. The maximum atomic E-state index is 13.4. The molecular formula is C28H32N2O5. The first-order valence-corrected chi connectivity index (χ1v) is 12.5. The van der Waals surface area contributed by atoms with E-state index in [-0.39, 0.29) is 30.9 Å². The van der Waals surface area contributed by atoms with E-state index in [2.05, 4.69) is 29.6 Å². The van der Waals surface area contributed by atoms with Crippen molar-refractivity contribution in [3.8, 4) is 11.1 Å². The fourth-order valence-electron chi connectivity index (χ4n) is 6.37. The van der Waals surface area contributed by atoms with Crippen molar-refractivity contribution >= 4 is 18.0 Å². The van der Waals surface area contributed by atoms with Gasteiger partial charge in [0.05, 0.1) is 17.9 Å². The molecule has 3 aliphatic rings. The van der Waals surface area contributed by atoms with E-state index >= 15 is 0 Å². The van der Waals surface area contributed by atoms with E-state index in [4.69, 9.17) is 4.74 Å². The van der Waals surface area contributed by atoms with E-state index < -0.39 is 29.6 Å². The first kappa shape index (κ1) is 23.4. The monoisotopic (exact) mass is 476 g/mol. The standard InChI is InChI=1S/C28H32N2O5/c1-17(26(33)30-19-11-13-28(30,14-12-19)15-25(31)32)18(2)29-27(34)35-16-24-22-9-5-3-7-20(22)21-8-4-6-10-23(21)24/h3-10,17-19,24H,11-16H2,1-2H3,(H,29,34)(H,31,32). The highest BCUT2D eigenvalue weighted by Gasteiger charge is 2.55. The molecule has 0 radical (unpaired) electrons. The van der Waals surface area contributed by atoms with Crippen molar-refractivity contribution in [2.75, 3.05) is 6.61 Å². The van der Waals surface area contributed by atoms with Crippen molar-refractivity contribution < 1.29 is 24.2 Å². The van der Waals surface area contributed by atoms with Crippen LogP contribution in [0.5, 0.6) is 0 Å². The van der Waals surface area contributed by atoms with Gasteiger partial charge in [0.1, 0.15) is 6.61 Å². The van der Waals surface area contributed by atoms with Crippen LogP contribution in [0.25, 0.3) is 11.1 Å². The number of carbonyl (C=O) groups is 3. The summed E-state index contributed by atoms with van der Waals surface area (Å²) in [6.07, 6.45) is 2.59. The van der Waals surface area contributed by atoms with Gasteiger partial charge < -0.3 is 20.1 Å². The average Bonchev–Trinajstić information content (AvgIpc) is 3.48. The molecule has 5 rings (SSSR count). The Kier molecular flexibility index (Phi) is 6.03. The third kappa shape index (κ3) is 4.07. The Bertz CT molecular complexity index is 1110. The van der Waals surface area contributed by atoms with E-state index in [1.807, 2.05) is 29.2 Å². The number of carboxylic acids is 1. The molecule has 2 amide bonds. The summed E-state index contributed by atoms with van der Waals surface area (Å²) < 4.78 is 5.64. The van der Waals surface area contributed by atoms with Crippen LogP contribution in [-0.4, -0.2) is 52.2 Å². The molecule has 2 heterocycles. The summed E-state index contributed by atoms with van der Waals surface area (Å²) in [5.41, 5.74) is 4.05. The van der Waals surface area contributed by atoms with Gasteiger partial charge in [-0.3, -0.25) is 9.59 Å². The molecule has 7 heteroatoms. The summed E-state index contributed by atoms with van der Waals surface area (Å²) in [7, 11) is 0. The number of carbonyl (C=O) groups excluding carboxylic acids is 2. The fourth-order valence-corrected chi connectivity index (χ4v) is 6.37. The average molecular weight is 477 g/mol. The first-order valence-electron chi connectivity index (χ1n) is 12.5. The number of nitrogens with one attached hydrogen (secondary N) is 1. The molecule has 184 valence electrons. The lowest BCUT2D eigenvalue weighted by atomic mass is 9.85. The number of fused-ring (bicyclic) bond motifs is 5. The highest BCUT2D eigenvalue weighted by atomic mass is 16.5. The second-order valence-corrected chi connectivity index (χ2v) is 10.3. The first-order chi connectivity index (χ1) is 16.8. The largest absolute Gasteiger partial charge is 0.481 e. The molecule has 2 saturated heterocycles. The van der Waals surface area contributed by atoms with Crippen LogP contribution in [0, 0.1) is 5.92 Å². The van der Waals surface area contributed by atoms with Gasteiger partial charge in [-0.25, -0.2) is 4.79 Å². The van der Waals surface area contributed by atoms with Gasteiger partial charge in [0.15, 0.2) is 0 Å². The number of carboxylic acid groups (broad SMARTS) is 1. The van der Waals surface area contributed by atoms with Crippen molar-refractivity contribution in [1.29, 1.82) is 0 Å². The maximum absolute atomic E-state index is 13.4. The van der Waals surface area contributed by atoms with Gasteiger partial charge in [0.2, 0.25) is 5.91 Å². The maximum Gasteiger partial charge on any atom is 0.407 e. The summed E-state index contributed by atoms with van der Waals surface area (Å²) in [6.45, 7) is 3.81. The van der Waals surface area contributed by atoms with E-state index in [0.29, 0.717) is 0 Å². The second kappa shape index (κ2) is 9.02. The number of nitrogens with zero attached hydrogens (tertiary/aromatic N) is 1. The minimum absolute atomic E-state index is 0.0177. The molecular weight excluding hydrogens is 444 g/mol. The lowest BCUT2D eigenvalue weighted by Crippen LogP contribution is -2.52. The van der Waals surface area contributed by atoms with Gasteiger partial charge in [-0.2, -0.15) is 0 Å². The zero-order valence-electron chi connectivity index (χ0n) is 20.2. The second-order valence-electron chi connectivity index (χ2n) is 10.3. The minimum atomic E-state index is -0.872. The lowest BCUT2D eigenvalue weighted by Gasteiger charge is -2.36. The summed E-state index contributed by atoms with van der Waals surface area (Å²) in [4.78, 5) is 39.4. The van der Waals surface area contributed by atoms with Gasteiger partial charge in [0.25, 0.3) is 0 Å². The quantitative estimate of drug-likeness (QED) is 0.611. The van der Waals surface area contributed by atoms with Crippen LogP contribution >= 0.6 is 0 Å². The molecule has 0 saturated carbocycles. The molecule has 0 aromatic heterocycles. The van der Waals surface area contributed by atoms with Crippen LogP contribution < -0.4 is 5.32 Å². The van der Waals surface area contributed by atoms with Crippen LogP contribution in [0.4, 0.5) is 4.79 Å². The number of amides is 2. The molecule has 2 N–H and O–H groups in total. The van der Waals surface area contributed by atoms with E-state index in [0.717, 1.165) is 36.8 Å². The van der Waals surface area contributed by atoms with Crippen LogP contribution in [0.1, 0.15) is 63.0 Å². The fraction of sp³-hybridized carbons (Fsp3) is 0.464. The smallest absolute Gasteiger partial charge is 0.407 e. The lowest BCUT2D eigenvalue weighted by molar-refractivity contribution is -0.145. The molecule has 2 unspecified atom stereocenters. The summed E-state index contributed by atoms with van der Waals surface area (Å²) >= 11 is 0. The Balaban J connectivity index is 1.21. The number of aliphatic carboxylic acids is 1. The van der Waals surface area contributed by atoms with Crippen molar-refractivity contribution in [1.82, 2.24) is 10.2 Å². The number of ether oxygens (including phenoxy) is 1. The van der Waals surface area contributed by atoms with Crippen LogP contribution in [-0.2, 0) is 14.3 Å². The molecule has 2 aliphatic heterocycles. The number of rotatable bonds is 7. The molecule has 1 aliphatic carbocycles. The van der Waals surface area contributed by atoms with Gasteiger partial charge in [0, 0.05) is 18.0 Å². The number of benzene rings is 2. The predicted molar refractivity (Wildman–Crippen MR) is 131 cm³/mol. The summed E-state index contributed by atoms with van der Waals surface area (Å²) in [6, 6.07) is 16.0. The van der Waals surface area contributed by atoms with Crippen LogP contribution in [0.2, 0.25) is 0 Å². The van der Waals surface area contributed by atoms with E-state index in [1.165, 1.54) is 11.1 Å². The van der Waals surface area contributed by atoms with E-state index in [9.17, 15) is 19.5 Å². The molecule has 2 aromatic carbocycles. The molecule has 2 fully saturated rings. The third-order valence-corrected chi connectivity index (χ3v) is 8.31. The highest BCUT2D eigenvalue weighted by molar-refractivity contribution is 5.83. The van der Waals surface area contributed by atoms with Crippen molar-refractivity contribution in [3.05, 3.63) is 59.7 Å². The topological polar surface area (TPSA) is 95.9 Å². The zero-order chi connectivity index (χ0) is 24.7. The van der Waals surface area contributed by atoms with Crippen molar-refractivity contribution in [3.63, 3.8) is 0 Å². The number of hydrogen-bond donors (Lipinski definition) is 2. The number of alkyl carbamates (subject to hydrolysis) is 1. The van der Waals surface area contributed by atoms with Gasteiger partial charge in [-0.1, -0.05) is 55.5 Å². The van der Waals surface area contributed by atoms with Gasteiger partial charge in [-0.05, 0) is 54.9 Å². The Morgan fingerprint density at radius 2 is 1.60 bits per heavy atom. The Hall–Kier alpha value is -3.35. The van der Waals surface area contributed by atoms with Crippen LogP contribution in [0.3, 0.4) is 0 Å².